The van der Waals surface area contributed by atoms with Crippen LogP contribution < -0.4 is 0 Å². The fourth-order valence-electron chi connectivity index (χ4n) is 1.75. The van der Waals surface area contributed by atoms with E-state index in [2.05, 4.69) is 0 Å². The summed E-state index contributed by atoms with van der Waals surface area (Å²) in [5.41, 5.74) is -2.22. The van der Waals surface area contributed by atoms with Crippen molar-refractivity contribution in [2.75, 3.05) is 6.61 Å². The largest absolute Gasteiger partial charge is 0.481 e. The molecule has 8 heteroatoms. The molecule has 2 atom stereocenters. The molecule has 0 aliphatic carbocycles. The van der Waals surface area contributed by atoms with Crippen LogP contribution >= 0.6 is 0 Å². The van der Waals surface area contributed by atoms with Crippen LogP contribution in [0.2, 0.25) is 0 Å². The molecule has 0 aliphatic rings. The van der Waals surface area contributed by atoms with E-state index in [9.17, 15) is 14.4 Å². The molecule has 0 aromatic heterocycles. The summed E-state index contributed by atoms with van der Waals surface area (Å²) in [6.07, 6.45) is -0.921. The fourth-order valence-corrected chi connectivity index (χ4v) is 1.75. The molecule has 0 aliphatic heterocycles. The number of hydrogen-bond acceptors (Lipinski definition) is 4. The molecular weight excluding hydrogens is 323 g/mol. The number of carboxylic acids is 3. The second kappa shape index (κ2) is 8.37. The Labute approximate surface area is 123 Å². The van der Waals surface area contributed by atoms with Crippen LogP contribution in [-0.2, 0) is 45.3 Å². The molecular formula is C10H16O7Zr. The van der Waals surface area contributed by atoms with Gasteiger partial charge in [-0.25, -0.2) is 4.79 Å². The van der Waals surface area contributed by atoms with Crippen LogP contribution in [0, 0.1) is 5.92 Å². The number of carbonyl (C=O) groups is 3. The van der Waals surface area contributed by atoms with Crippen LogP contribution in [0.5, 0.6) is 0 Å². The van der Waals surface area contributed by atoms with Gasteiger partial charge < -0.3 is 20.1 Å². The Bertz CT molecular complexity index is 317. The first kappa shape index (κ1) is 19.6. The number of aliphatic carboxylic acids is 3. The Morgan fingerprint density at radius 3 is 1.89 bits per heavy atom. The smallest absolute Gasteiger partial charge is 0.337 e. The SMILES string of the molecule is CCOC(CC(=O)O)(C(=O)O)C(CC)C(=O)O.[Zr]. The quantitative estimate of drug-likeness (QED) is 0.586. The maximum Gasteiger partial charge on any atom is 0.337 e. The second-order valence-electron chi connectivity index (χ2n) is 3.50. The van der Waals surface area contributed by atoms with Crippen molar-refractivity contribution >= 4 is 17.9 Å². The van der Waals surface area contributed by atoms with E-state index >= 15 is 0 Å². The van der Waals surface area contributed by atoms with Crippen molar-refractivity contribution in [1.82, 2.24) is 0 Å². The van der Waals surface area contributed by atoms with Crippen LogP contribution in [0.15, 0.2) is 0 Å². The van der Waals surface area contributed by atoms with E-state index < -0.39 is 35.8 Å². The molecule has 2 unspecified atom stereocenters. The summed E-state index contributed by atoms with van der Waals surface area (Å²) in [5, 5.41) is 26.8. The zero-order valence-corrected chi connectivity index (χ0v) is 12.6. The summed E-state index contributed by atoms with van der Waals surface area (Å²) in [6.45, 7) is 2.87. The molecule has 0 radical (unpaired) electrons. The molecule has 0 saturated carbocycles. The minimum atomic E-state index is -2.22. The van der Waals surface area contributed by atoms with Crippen molar-refractivity contribution in [2.45, 2.75) is 32.3 Å². The molecule has 0 aromatic rings. The molecule has 3 N–H and O–H groups in total. The van der Waals surface area contributed by atoms with Gasteiger partial charge in [0, 0.05) is 32.8 Å². The second-order valence-corrected chi connectivity index (χ2v) is 3.50. The van der Waals surface area contributed by atoms with Crippen LogP contribution in [0.3, 0.4) is 0 Å². The maximum atomic E-state index is 11.2. The fraction of sp³-hybridized carbons (Fsp3) is 0.700. The molecule has 0 fully saturated rings. The summed E-state index contributed by atoms with van der Waals surface area (Å²) < 4.78 is 4.96. The monoisotopic (exact) mass is 338 g/mol. The Kier molecular flexibility index (Phi) is 9.11. The summed E-state index contributed by atoms with van der Waals surface area (Å²) >= 11 is 0. The number of carboxylic acid groups (broad SMARTS) is 3. The molecule has 0 heterocycles. The van der Waals surface area contributed by atoms with E-state index in [1.165, 1.54) is 13.8 Å². The normalized spacial score (nSPS) is 15.0. The van der Waals surface area contributed by atoms with Crippen molar-refractivity contribution in [3.63, 3.8) is 0 Å². The minimum absolute atomic E-state index is 0. The zero-order valence-electron chi connectivity index (χ0n) is 10.2. The van der Waals surface area contributed by atoms with E-state index in [4.69, 9.17) is 20.1 Å². The Hall–Kier alpha value is -0.747. The summed E-state index contributed by atoms with van der Waals surface area (Å²) in [6, 6.07) is 0. The van der Waals surface area contributed by atoms with Gasteiger partial charge in [0.2, 0.25) is 0 Å². The Balaban J connectivity index is 0. The predicted octanol–water partition coefficient (Wildman–Crippen LogP) is 0.429. The first-order chi connectivity index (χ1) is 7.81. The van der Waals surface area contributed by atoms with Gasteiger partial charge in [-0.3, -0.25) is 9.59 Å². The van der Waals surface area contributed by atoms with Crippen LogP contribution in [0.25, 0.3) is 0 Å². The van der Waals surface area contributed by atoms with Crippen molar-refractivity contribution in [3.05, 3.63) is 0 Å². The average Bonchev–Trinajstić information content (AvgIpc) is 2.16. The molecule has 7 nitrogen and oxygen atoms in total. The molecule has 0 aromatic carbocycles. The maximum absolute atomic E-state index is 11.2. The number of hydrogen-bond donors (Lipinski definition) is 3. The van der Waals surface area contributed by atoms with Crippen molar-refractivity contribution < 1.29 is 60.6 Å². The van der Waals surface area contributed by atoms with Gasteiger partial charge in [0.05, 0.1) is 12.3 Å². The number of rotatable bonds is 8. The topological polar surface area (TPSA) is 121 Å². The summed E-state index contributed by atoms with van der Waals surface area (Å²) in [4.78, 5) is 32.9. The Morgan fingerprint density at radius 2 is 1.67 bits per heavy atom. The first-order valence-corrected chi connectivity index (χ1v) is 5.13. The van der Waals surface area contributed by atoms with Gasteiger partial charge in [0.1, 0.15) is 0 Å². The van der Waals surface area contributed by atoms with E-state index in [1.54, 1.807) is 0 Å². The van der Waals surface area contributed by atoms with E-state index in [-0.39, 0.29) is 39.2 Å². The minimum Gasteiger partial charge on any atom is -0.481 e. The van der Waals surface area contributed by atoms with Gasteiger partial charge in [0.15, 0.2) is 5.60 Å². The van der Waals surface area contributed by atoms with E-state index in [0.717, 1.165) is 0 Å². The summed E-state index contributed by atoms with van der Waals surface area (Å²) in [5.74, 6) is -5.78. The third-order valence-corrected chi connectivity index (χ3v) is 2.45. The standard InChI is InChI=1S/C10H16O7.Zr/c1-3-6(8(13)14)10(9(15)16,17-4-2)5-7(11)12;/h6H,3-5H2,1-2H3,(H,11,12)(H,13,14)(H,15,16);. The third-order valence-electron chi connectivity index (χ3n) is 2.45. The Morgan fingerprint density at radius 1 is 1.17 bits per heavy atom. The molecule has 0 rings (SSSR count). The van der Waals surface area contributed by atoms with Gasteiger partial charge in [-0.05, 0) is 13.3 Å². The number of ether oxygens (including phenoxy) is 1. The zero-order chi connectivity index (χ0) is 13.6. The molecule has 0 amide bonds. The summed E-state index contributed by atoms with van der Waals surface area (Å²) in [7, 11) is 0. The van der Waals surface area contributed by atoms with Gasteiger partial charge in [-0.2, -0.15) is 0 Å². The first-order valence-electron chi connectivity index (χ1n) is 5.13. The molecule has 0 saturated heterocycles. The molecule has 18 heavy (non-hydrogen) atoms. The van der Waals surface area contributed by atoms with Gasteiger partial charge in [-0.15, -0.1) is 0 Å². The van der Waals surface area contributed by atoms with Crippen LogP contribution in [0.1, 0.15) is 26.7 Å². The van der Waals surface area contributed by atoms with E-state index in [1.807, 2.05) is 0 Å². The van der Waals surface area contributed by atoms with Gasteiger partial charge in [-0.1, -0.05) is 6.92 Å². The van der Waals surface area contributed by atoms with Gasteiger partial charge >= 0.3 is 17.9 Å². The van der Waals surface area contributed by atoms with Crippen molar-refractivity contribution in [3.8, 4) is 0 Å². The van der Waals surface area contributed by atoms with E-state index in [0.29, 0.717) is 0 Å². The predicted molar refractivity (Wildman–Crippen MR) is 55.7 cm³/mol. The van der Waals surface area contributed by atoms with Crippen LogP contribution in [0.4, 0.5) is 0 Å². The molecule has 0 bridgehead atoms. The average molecular weight is 339 g/mol. The molecule has 0 spiro atoms. The van der Waals surface area contributed by atoms with Crippen molar-refractivity contribution in [2.24, 2.45) is 5.92 Å². The molecule has 102 valence electrons. The van der Waals surface area contributed by atoms with Gasteiger partial charge in [0.25, 0.3) is 0 Å². The van der Waals surface area contributed by atoms with Crippen molar-refractivity contribution in [1.29, 1.82) is 0 Å². The van der Waals surface area contributed by atoms with Crippen LogP contribution in [-0.4, -0.2) is 45.4 Å². The third kappa shape index (κ3) is 4.50.